The lowest BCUT2D eigenvalue weighted by Crippen LogP contribution is -1.64. The highest BCUT2D eigenvalue weighted by atomic mass is 32.2. The average molecular weight is 497 g/mol. The second kappa shape index (κ2) is 7.69. The van der Waals surface area contributed by atoms with Crippen LogP contribution in [0.1, 0.15) is 9.75 Å². The van der Waals surface area contributed by atoms with Crippen molar-refractivity contribution in [3.8, 4) is 0 Å². The first-order chi connectivity index (χ1) is 14.7. The highest BCUT2D eigenvalue weighted by Gasteiger charge is 2.10. The molecule has 0 aliphatic carbocycles. The Morgan fingerprint density at radius 2 is 0.900 bits per heavy atom. The van der Waals surface area contributed by atoms with Crippen molar-refractivity contribution in [3.63, 3.8) is 0 Å². The molecule has 0 atom stereocenters. The monoisotopic (exact) mass is 496 g/mol. The fourth-order valence-electron chi connectivity index (χ4n) is 3.78. The Kier molecular flexibility index (Phi) is 4.98. The Bertz CT molecular complexity index is 1450. The van der Waals surface area contributed by atoms with Gasteiger partial charge in [0.2, 0.25) is 0 Å². The van der Waals surface area contributed by atoms with Gasteiger partial charge in [0.15, 0.2) is 0 Å². The van der Waals surface area contributed by atoms with Gasteiger partial charge in [0.05, 0.1) is 8.42 Å². The molecule has 0 aliphatic heterocycles. The van der Waals surface area contributed by atoms with Gasteiger partial charge in [-0.1, -0.05) is 0 Å². The highest BCUT2D eigenvalue weighted by molar-refractivity contribution is 8.00. The molecule has 0 unspecified atom stereocenters. The molecule has 0 N–H and O–H groups in total. The van der Waals surface area contributed by atoms with Crippen molar-refractivity contribution >= 4 is 121 Å². The predicted molar refractivity (Wildman–Crippen MR) is 147 cm³/mol. The minimum atomic E-state index is 1.32. The minimum Gasteiger partial charge on any atom is -0.136 e. The molecule has 4 heterocycles. The molecule has 148 valence electrons. The quantitative estimate of drug-likeness (QED) is 0.223. The van der Waals surface area contributed by atoms with E-state index >= 15 is 0 Å². The van der Waals surface area contributed by atoms with Gasteiger partial charge in [-0.3, -0.25) is 0 Å². The van der Waals surface area contributed by atoms with Crippen LogP contribution in [-0.4, -0.2) is 12.5 Å². The zero-order chi connectivity index (χ0) is 20.2. The van der Waals surface area contributed by atoms with Gasteiger partial charge in [-0.25, -0.2) is 0 Å². The van der Waals surface area contributed by atoms with E-state index < -0.39 is 0 Å². The molecule has 0 spiro atoms. The number of benzene rings is 2. The first kappa shape index (κ1) is 19.4. The fourth-order valence-corrected chi connectivity index (χ4v) is 9.04. The van der Waals surface area contributed by atoms with Gasteiger partial charge < -0.3 is 0 Å². The molecule has 0 saturated heterocycles. The van der Waals surface area contributed by atoms with E-state index in [-0.39, 0.29) is 0 Å². The third-order valence-electron chi connectivity index (χ3n) is 5.20. The number of rotatable bonds is 4. The summed E-state index contributed by atoms with van der Waals surface area (Å²) < 4.78 is 8.27. The molecule has 2 aromatic carbocycles. The summed E-state index contributed by atoms with van der Waals surface area (Å²) in [7, 11) is 0. The van der Waals surface area contributed by atoms with Crippen molar-refractivity contribution < 1.29 is 0 Å². The molecule has 0 bridgehead atoms. The summed E-state index contributed by atoms with van der Waals surface area (Å²) in [6.07, 6.45) is 8.86. The fraction of sp³-hybridized carbons (Fsp3) is 0.0833. The Balaban J connectivity index is 1.40. The number of hydrogen-bond donors (Lipinski definition) is 0. The SMILES string of the molecule is CSc1cc2c(ccc3sc(C=Cc4cc5c(ccc6sc(SC)cc65)s4)cc32)s1. The molecule has 0 saturated carbocycles. The average Bonchev–Trinajstić information content (AvgIpc) is 3.53. The summed E-state index contributed by atoms with van der Waals surface area (Å²) in [6.45, 7) is 0. The largest absolute Gasteiger partial charge is 0.136 e. The van der Waals surface area contributed by atoms with E-state index in [2.05, 4.69) is 73.2 Å². The van der Waals surface area contributed by atoms with Crippen LogP contribution < -0.4 is 0 Å². The molecule has 6 rings (SSSR count). The Morgan fingerprint density at radius 3 is 1.30 bits per heavy atom. The van der Waals surface area contributed by atoms with Gasteiger partial charge >= 0.3 is 0 Å². The molecule has 30 heavy (non-hydrogen) atoms. The van der Waals surface area contributed by atoms with Gasteiger partial charge in [-0.15, -0.1) is 68.9 Å². The van der Waals surface area contributed by atoms with Crippen molar-refractivity contribution in [1.29, 1.82) is 0 Å². The normalized spacial score (nSPS) is 12.5. The van der Waals surface area contributed by atoms with Crippen LogP contribution in [0.15, 0.2) is 56.9 Å². The lowest BCUT2D eigenvalue weighted by Gasteiger charge is -1.90. The molecule has 0 aliphatic rings. The smallest absolute Gasteiger partial charge is 0.0608 e. The first-order valence-corrected chi connectivity index (χ1v) is 15.1. The van der Waals surface area contributed by atoms with E-state index in [1.54, 1.807) is 0 Å². The van der Waals surface area contributed by atoms with Gasteiger partial charge in [-0.05, 0) is 73.2 Å². The van der Waals surface area contributed by atoms with Gasteiger partial charge in [0.1, 0.15) is 0 Å². The maximum absolute atomic E-state index is 2.35. The summed E-state index contributed by atoms with van der Waals surface area (Å²) in [5.41, 5.74) is 0. The van der Waals surface area contributed by atoms with Crippen LogP contribution in [0.3, 0.4) is 0 Å². The summed E-state index contributed by atoms with van der Waals surface area (Å²) in [6, 6.07) is 18.5. The topological polar surface area (TPSA) is 0 Å². The van der Waals surface area contributed by atoms with Crippen LogP contribution in [-0.2, 0) is 0 Å². The van der Waals surface area contributed by atoms with Crippen molar-refractivity contribution in [2.24, 2.45) is 0 Å². The minimum absolute atomic E-state index is 1.32. The molecule has 0 fully saturated rings. The molecule has 4 aromatic heterocycles. The maximum atomic E-state index is 2.35. The van der Waals surface area contributed by atoms with E-state index in [9.17, 15) is 0 Å². The molecular weight excluding hydrogens is 481 g/mol. The van der Waals surface area contributed by atoms with E-state index in [1.807, 2.05) is 68.9 Å². The van der Waals surface area contributed by atoms with Gasteiger partial charge in [-0.2, -0.15) is 0 Å². The van der Waals surface area contributed by atoms with Crippen LogP contribution in [0.5, 0.6) is 0 Å². The molecule has 0 amide bonds. The van der Waals surface area contributed by atoms with Gasteiger partial charge in [0, 0.05) is 50.1 Å². The Morgan fingerprint density at radius 1 is 0.533 bits per heavy atom. The highest BCUT2D eigenvalue weighted by Crippen LogP contribution is 2.41. The van der Waals surface area contributed by atoms with Crippen molar-refractivity contribution in [2.75, 3.05) is 12.5 Å². The summed E-state index contributed by atoms with van der Waals surface area (Å²) in [4.78, 5) is 2.63. The second-order valence-electron chi connectivity index (χ2n) is 6.95. The van der Waals surface area contributed by atoms with Gasteiger partial charge in [0.25, 0.3) is 0 Å². The Labute approximate surface area is 199 Å². The molecular formula is C24H16S6. The first-order valence-electron chi connectivity index (χ1n) is 9.40. The lowest BCUT2D eigenvalue weighted by molar-refractivity contribution is 1.79. The number of thioether (sulfide) groups is 2. The number of fused-ring (bicyclic) bond motifs is 6. The van der Waals surface area contributed by atoms with Crippen LogP contribution in [0, 0.1) is 0 Å². The molecule has 6 aromatic rings. The zero-order valence-corrected chi connectivity index (χ0v) is 21.1. The molecule has 0 radical (unpaired) electrons. The number of thiophene rings is 4. The van der Waals surface area contributed by atoms with Crippen LogP contribution in [0.25, 0.3) is 52.5 Å². The molecule has 0 nitrogen and oxygen atoms in total. The Hall–Kier alpha value is -1.28. The predicted octanol–water partition coefficient (Wildman–Crippen LogP) is 10.2. The van der Waals surface area contributed by atoms with Crippen LogP contribution >= 0.6 is 68.9 Å². The third kappa shape index (κ3) is 3.25. The van der Waals surface area contributed by atoms with E-state index in [4.69, 9.17) is 0 Å². The molecule has 6 heteroatoms. The van der Waals surface area contributed by atoms with Crippen molar-refractivity contribution in [1.82, 2.24) is 0 Å². The summed E-state index contributed by atoms with van der Waals surface area (Å²) in [5.74, 6) is 0. The second-order valence-corrected chi connectivity index (χ2v) is 13.6. The van der Waals surface area contributed by atoms with Crippen LogP contribution in [0.4, 0.5) is 0 Å². The number of hydrogen-bond acceptors (Lipinski definition) is 6. The maximum Gasteiger partial charge on any atom is 0.0608 e. The van der Waals surface area contributed by atoms with E-state index in [1.165, 1.54) is 58.5 Å². The van der Waals surface area contributed by atoms with Crippen molar-refractivity contribution in [2.45, 2.75) is 8.42 Å². The summed E-state index contributed by atoms with van der Waals surface area (Å²) >= 11 is 11.2. The third-order valence-corrected chi connectivity index (χ3v) is 11.7. The van der Waals surface area contributed by atoms with E-state index in [0.29, 0.717) is 0 Å². The standard InChI is InChI=1S/C24H16S6/c1-25-23-11-17-15-9-13(27-19(15)5-7-21(17)29-23)3-4-14-10-16-18-12-24(26-2)30-22(18)8-6-20(16)28-14/h3-12H,1-2H3. The lowest BCUT2D eigenvalue weighted by atomic mass is 10.1. The van der Waals surface area contributed by atoms with E-state index in [0.717, 1.165) is 0 Å². The van der Waals surface area contributed by atoms with Crippen LogP contribution in [0.2, 0.25) is 0 Å². The zero-order valence-electron chi connectivity index (χ0n) is 16.2. The van der Waals surface area contributed by atoms with Crippen molar-refractivity contribution in [3.05, 3.63) is 58.3 Å². The summed E-state index contributed by atoms with van der Waals surface area (Å²) in [5, 5.41) is 5.55.